The number of ether oxygens (including phenoxy) is 1. The fraction of sp³-hybridized carbons (Fsp3) is 0.889. The van der Waals surface area contributed by atoms with Crippen molar-refractivity contribution in [2.24, 2.45) is 0 Å². The summed E-state index contributed by atoms with van der Waals surface area (Å²) in [6.45, 7) is 5.31. The van der Waals surface area contributed by atoms with Crippen molar-refractivity contribution in [3.05, 3.63) is 0 Å². The van der Waals surface area contributed by atoms with Crippen LogP contribution in [0.25, 0.3) is 0 Å². The predicted octanol–water partition coefficient (Wildman–Crippen LogP) is -0.109. The highest BCUT2D eigenvalue weighted by molar-refractivity contribution is 5.69. The van der Waals surface area contributed by atoms with Crippen LogP contribution >= 0.6 is 0 Å². The van der Waals surface area contributed by atoms with Crippen molar-refractivity contribution >= 4 is 5.97 Å². The van der Waals surface area contributed by atoms with Gasteiger partial charge >= 0.3 is 5.97 Å². The van der Waals surface area contributed by atoms with E-state index in [1.165, 1.54) is 0 Å². The topological polar surface area (TPSA) is 50.4 Å². The second-order valence-corrected chi connectivity index (χ2v) is 3.29. The van der Waals surface area contributed by atoms with E-state index in [1.54, 1.807) is 0 Å². The second-order valence-electron chi connectivity index (χ2n) is 3.29. The second kappa shape index (κ2) is 5.94. The van der Waals surface area contributed by atoms with Gasteiger partial charge in [0, 0.05) is 26.1 Å². The van der Waals surface area contributed by atoms with E-state index in [4.69, 9.17) is 4.74 Å². The molecule has 0 aromatic carbocycles. The first-order valence-electron chi connectivity index (χ1n) is 4.92. The highest BCUT2D eigenvalue weighted by Crippen LogP contribution is 1.94. The van der Waals surface area contributed by atoms with E-state index in [0.29, 0.717) is 13.0 Å². The van der Waals surface area contributed by atoms with Crippen LogP contribution in [0.15, 0.2) is 0 Å². The SMILES string of the molecule is CCCC(=O)OCC1CNCCN1. The van der Waals surface area contributed by atoms with Gasteiger partial charge in [-0.2, -0.15) is 0 Å². The van der Waals surface area contributed by atoms with Gasteiger partial charge in [0.15, 0.2) is 0 Å². The molecule has 2 N–H and O–H groups in total. The average Bonchev–Trinajstić information content (AvgIpc) is 2.17. The maximum absolute atomic E-state index is 11.0. The van der Waals surface area contributed by atoms with Gasteiger partial charge in [0.1, 0.15) is 6.61 Å². The van der Waals surface area contributed by atoms with Gasteiger partial charge < -0.3 is 15.4 Å². The largest absolute Gasteiger partial charge is 0.464 e. The van der Waals surface area contributed by atoms with Gasteiger partial charge in [-0.1, -0.05) is 6.92 Å². The summed E-state index contributed by atoms with van der Waals surface area (Å²) in [5.41, 5.74) is 0. The number of nitrogens with one attached hydrogen (secondary N) is 2. The predicted molar refractivity (Wildman–Crippen MR) is 50.5 cm³/mol. The van der Waals surface area contributed by atoms with E-state index in [-0.39, 0.29) is 12.0 Å². The Bertz CT molecular complexity index is 156. The zero-order valence-corrected chi connectivity index (χ0v) is 8.14. The van der Waals surface area contributed by atoms with Gasteiger partial charge in [0.25, 0.3) is 0 Å². The molecule has 13 heavy (non-hydrogen) atoms. The molecule has 0 radical (unpaired) electrons. The molecule has 0 amide bonds. The molecule has 1 atom stereocenters. The van der Waals surface area contributed by atoms with E-state index in [2.05, 4.69) is 10.6 Å². The molecule has 1 heterocycles. The molecule has 1 fully saturated rings. The van der Waals surface area contributed by atoms with Crippen molar-refractivity contribution in [1.29, 1.82) is 0 Å². The molecule has 0 spiro atoms. The molecule has 1 unspecified atom stereocenters. The van der Waals surface area contributed by atoms with E-state index >= 15 is 0 Å². The maximum atomic E-state index is 11.0. The van der Waals surface area contributed by atoms with Crippen LogP contribution in [0, 0.1) is 0 Å². The van der Waals surface area contributed by atoms with Crippen molar-refractivity contribution in [3.8, 4) is 0 Å². The molecule has 1 aliphatic rings. The van der Waals surface area contributed by atoms with Gasteiger partial charge in [-0.15, -0.1) is 0 Å². The minimum Gasteiger partial charge on any atom is -0.464 e. The average molecular weight is 186 g/mol. The Morgan fingerprint density at radius 3 is 3.00 bits per heavy atom. The molecular weight excluding hydrogens is 168 g/mol. The summed E-state index contributed by atoms with van der Waals surface area (Å²) < 4.78 is 5.08. The Morgan fingerprint density at radius 1 is 1.54 bits per heavy atom. The summed E-state index contributed by atoms with van der Waals surface area (Å²) in [7, 11) is 0. The van der Waals surface area contributed by atoms with Crippen LogP contribution in [0.5, 0.6) is 0 Å². The first kappa shape index (κ1) is 10.5. The third kappa shape index (κ3) is 4.24. The Balaban J connectivity index is 2.06. The molecule has 0 aromatic heterocycles. The summed E-state index contributed by atoms with van der Waals surface area (Å²) in [6.07, 6.45) is 1.38. The normalized spacial score (nSPS) is 22.7. The van der Waals surface area contributed by atoms with E-state index in [9.17, 15) is 4.79 Å². The fourth-order valence-corrected chi connectivity index (χ4v) is 1.30. The smallest absolute Gasteiger partial charge is 0.305 e. The summed E-state index contributed by atoms with van der Waals surface area (Å²) in [4.78, 5) is 11.0. The van der Waals surface area contributed by atoms with Crippen LogP contribution < -0.4 is 10.6 Å². The molecule has 76 valence electrons. The Labute approximate surface area is 79.0 Å². The molecule has 0 saturated carbocycles. The lowest BCUT2D eigenvalue weighted by molar-refractivity contribution is -0.144. The Hall–Kier alpha value is -0.610. The minimum atomic E-state index is -0.0881. The fourth-order valence-electron chi connectivity index (χ4n) is 1.30. The summed E-state index contributed by atoms with van der Waals surface area (Å²) in [5.74, 6) is -0.0881. The number of rotatable bonds is 4. The third-order valence-corrected chi connectivity index (χ3v) is 2.03. The van der Waals surface area contributed by atoms with Crippen molar-refractivity contribution < 1.29 is 9.53 Å². The lowest BCUT2D eigenvalue weighted by atomic mass is 10.2. The van der Waals surface area contributed by atoms with Crippen LogP contribution in [0.3, 0.4) is 0 Å². The molecule has 1 aliphatic heterocycles. The minimum absolute atomic E-state index is 0.0881. The molecule has 1 saturated heterocycles. The van der Waals surface area contributed by atoms with Crippen molar-refractivity contribution in [1.82, 2.24) is 10.6 Å². The van der Waals surface area contributed by atoms with Crippen molar-refractivity contribution in [2.45, 2.75) is 25.8 Å². The monoisotopic (exact) mass is 186 g/mol. The lowest BCUT2D eigenvalue weighted by Crippen LogP contribution is -2.50. The third-order valence-electron chi connectivity index (χ3n) is 2.03. The van der Waals surface area contributed by atoms with Gasteiger partial charge in [0.05, 0.1) is 6.04 Å². The standard InChI is InChI=1S/C9H18N2O2/c1-2-3-9(12)13-7-8-6-10-4-5-11-8/h8,10-11H,2-7H2,1H3. The molecule has 0 aromatic rings. The number of esters is 1. The molecule has 4 nitrogen and oxygen atoms in total. The zero-order chi connectivity index (χ0) is 9.52. The maximum Gasteiger partial charge on any atom is 0.305 e. The Morgan fingerprint density at radius 2 is 2.38 bits per heavy atom. The van der Waals surface area contributed by atoms with Gasteiger partial charge in [0.2, 0.25) is 0 Å². The summed E-state index contributed by atoms with van der Waals surface area (Å²) in [5, 5.41) is 6.51. The first-order valence-corrected chi connectivity index (χ1v) is 4.92. The first-order chi connectivity index (χ1) is 6.33. The van der Waals surface area contributed by atoms with Crippen LogP contribution in [-0.4, -0.2) is 38.3 Å². The van der Waals surface area contributed by atoms with E-state index in [1.807, 2.05) is 6.92 Å². The van der Waals surface area contributed by atoms with Crippen molar-refractivity contribution in [3.63, 3.8) is 0 Å². The molecule has 4 heteroatoms. The van der Waals surface area contributed by atoms with E-state index in [0.717, 1.165) is 26.1 Å². The molecule has 1 rings (SSSR count). The number of carbonyl (C=O) groups is 1. The van der Waals surface area contributed by atoms with Crippen LogP contribution in [0.2, 0.25) is 0 Å². The highest BCUT2D eigenvalue weighted by Gasteiger charge is 2.13. The summed E-state index contributed by atoms with van der Waals surface area (Å²) >= 11 is 0. The molecular formula is C9H18N2O2. The van der Waals surface area contributed by atoms with Crippen LogP contribution in [-0.2, 0) is 9.53 Å². The summed E-state index contributed by atoms with van der Waals surface area (Å²) in [6, 6.07) is 0.287. The Kier molecular flexibility index (Phi) is 4.78. The highest BCUT2D eigenvalue weighted by atomic mass is 16.5. The van der Waals surface area contributed by atoms with E-state index < -0.39 is 0 Å². The van der Waals surface area contributed by atoms with Gasteiger partial charge in [-0.3, -0.25) is 4.79 Å². The van der Waals surface area contributed by atoms with Crippen LogP contribution in [0.4, 0.5) is 0 Å². The number of piperazine rings is 1. The van der Waals surface area contributed by atoms with Crippen molar-refractivity contribution in [2.75, 3.05) is 26.2 Å². The zero-order valence-electron chi connectivity index (χ0n) is 8.14. The van der Waals surface area contributed by atoms with Gasteiger partial charge in [-0.05, 0) is 6.42 Å². The van der Waals surface area contributed by atoms with Gasteiger partial charge in [-0.25, -0.2) is 0 Å². The molecule has 0 aliphatic carbocycles. The lowest BCUT2D eigenvalue weighted by Gasteiger charge is -2.23. The quantitative estimate of drug-likeness (QED) is 0.602. The number of carbonyl (C=O) groups excluding carboxylic acids is 1. The number of hydrogen-bond donors (Lipinski definition) is 2. The van der Waals surface area contributed by atoms with Crippen LogP contribution in [0.1, 0.15) is 19.8 Å². The molecule has 0 bridgehead atoms. The number of hydrogen-bond acceptors (Lipinski definition) is 4.